The van der Waals surface area contributed by atoms with E-state index in [1.54, 1.807) is 7.11 Å². The van der Waals surface area contributed by atoms with Gasteiger partial charge in [0, 0.05) is 32.9 Å². The number of aryl methyl sites for hydroxylation is 2. The molecule has 1 fully saturated rings. The maximum Gasteiger partial charge on any atom is 0.300 e. The molecular weight excluding hydrogens is 352 g/mol. The van der Waals surface area contributed by atoms with Gasteiger partial charge in [-0.05, 0) is 63.1 Å². The molecule has 1 aliphatic heterocycles. The molecule has 0 radical (unpaired) electrons. The zero-order valence-corrected chi connectivity index (χ0v) is 17.7. The van der Waals surface area contributed by atoms with Gasteiger partial charge in [-0.3, -0.25) is 4.79 Å². The van der Waals surface area contributed by atoms with Gasteiger partial charge in [0.05, 0.1) is 11.0 Å². The van der Waals surface area contributed by atoms with Gasteiger partial charge in [0.2, 0.25) is 5.95 Å². The quantitative estimate of drug-likeness (QED) is 0.826. The lowest BCUT2D eigenvalue weighted by molar-refractivity contribution is -0.111. The Morgan fingerprint density at radius 1 is 1.39 bits per heavy atom. The molecule has 1 aromatic carbocycles. The molecule has 28 heavy (non-hydrogen) atoms. The maximum atomic E-state index is 12.2. The first-order valence-electron chi connectivity index (χ1n) is 9.81. The van der Waals surface area contributed by atoms with E-state index in [9.17, 15) is 4.79 Å². The van der Waals surface area contributed by atoms with Crippen LogP contribution < -0.4 is 10.2 Å². The summed E-state index contributed by atoms with van der Waals surface area (Å²) in [7, 11) is 3.63. The van der Waals surface area contributed by atoms with Crippen molar-refractivity contribution >= 4 is 28.6 Å². The van der Waals surface area contributed by atoms with Crippen LogP contribution >= 0.6 is 0 Å². The fraction of sp³-hybridized carbons (Fsp3) is 0.545. The van der Waals surface area contributed by atoms with Crippen LogP contribution in [0.25, 0.3) is 11.0 Å². The van der Waals surface area contributed by atoms with Crippen molar-refractivity contribution in [1.82, 2.24) is 9.55 Å². The average molecular weight is 383 g/mol. The molecule has 1 amide bonds. The van der Waals surface area contributed by atoms with E-state index in [0.717, 1.165) is 41.3 Å². The fourth-order valence-electron chi connectivity index (χ4n) is 3.53. The number of ether oxygens (including phenoxy) is 1. The lowest BCUT2D eigenvalue weighted by Crippen LogP contribution is -2.35. The first kappa shape index (κ1) is 20.2. The van der Waals surface area contributed by atoms with Crippen LogP contribution in [0, 0.1) is 24.7 Å². The van der Waals surface area contributed by atoms with Gasteiger partial charge in [0.15, 0.2) is 0 Å². The van der Waals surface area contributed by atoms with Crippen LogP contribution in [-0.2, 0) is 16.6 Å². The molecule has 6 nitrogen and oxygen atoms in total. The molecule has 150 valence electrons. The van der Waals surface area contributed by atoms with Crippen molar-refractivity contribution < 1.29 is 9.53 Å². The second-order valence-electron chi connectivity index (χ2n) is 8.24. The highest BCUT2D eigenvalue weighted by molar-refractivity contribution is 6.05. The molecule has 1 aromatic heterocycles. The Balaban J connectivity index is 1.87. The second-order valence-corrected chi connectivity index (χ2v) is 8.24. The second kappa shape index (κ2) is 7.84. The van der Waals surface area contributed by atoms with Crippen molar-refractivity contribution in [2.75, 3.05) is 30.4 Å². The van der Waals surface area contributed by atoms with Crippen molar-refractivity contribution in [2.45, 2.75) is 46.1 Å². The average Bonchev–Trinajstić information content (AvgIpc) is 2.96. The minimum Gasteiger partial charge on any atom is -0.366 e. The number of anilines is 2. The summed E-state index contributed by atoms with van der Waals surface area (Å²) in [5.41, 5.74) is 3.00. The van der Waals surface area contributed by atoms with E-state index in [1.165, 1.54) is 12.8 Å². The normalized spacial score (nSPS) is 17.4. The highest BCUT2D eigenvalue weighted by Gasteiger charge is 2.21. The highest BCUT2D eigenvalue weighted by atomic mass is 16.5. The number of methoxy groups -OCH3 is 1. The molecule has 2 heterocycles. The standard InChI is InChI=1S/C22H30N4O2/c1-15-8-7-11-26(14-15)21-24-18-13-17(16(2)12-19(18)25(21)5)23-20(27)9-10-22(3,4)28-6/h12-13,15H,7-8,11,14H2,1-6H3,(H,23,27)/t15-/m1/s1. The van der Waals surface area contributed by atoms with Crippen LogP contribution in [-0.4, -0.2) is 41.3 Å². The van der Waals surface area contributed by atoms with Gasteiger partial charge in [-0.15, -0.1) is 0 Å². The van der Waals surface area contributed by atoms with E-state index in [-0.39, 0.29) is 5.91 Å². The van der Waals surface area contributed by atoms with E-state index < -0.39 is 5.60 Å². The van der Waals surface area contributed by atoms with Gasteiger partial charge in [-0.1, -0.05) is 12.8 Å². The molecule has 3 rings (SSSR count). The summed E-state index contributed by atoms with van der Waals surface area (Å²) in [6, 6.07) is 4.00. The van der Waals surface area contributed by atoms with Crippen molar-refractivity contribution in [1.29, 1.82) is 0 Å². The third-order valence-corrected chi connectivity index (χ3v) is 5.38. The number of carbonyl (C=O) groups excluding carboxylic acids is 1. The van der Waals surface area contributed by atoms with E-state index >= 15 is 0 Å². The minimum absolute atomic E-state index is 0.353. The summed E-state index contributed by atoms with van der Waals surface area (Å²) in [5, 5.41) is 2.88. The number of nitrogens with zero attached hydrogens (tertiary/aromatic N) is 3. The number of rotatable bonds is 3. The molecule has 1 aliphatic rings. The van der Waals surface area contributed by atoms with E-state index in [1.807, 2.05) is 26.8 Å². The Kier molecular flexibility index (Phi) is 5.66. The SMILES string of the molecule is COC(C)(C)C#CC(=O)Nc1cc2nc(N3CCC[C@@H](C)C3)n(C)c2cc1C. The van der Waals surface area contributed by atoms with Gasteiger partial charge < -0.3 is 19.5 Å². The molecule has 0 aliphatic carbocycles. The van der Waals surface area contributed by atoms with Crippen molar-refractivity contribution in [3.05, 3.63) is 17.7 Å². The van der Waals surface area contributed by atoms with Crippen LogP contribution in [0.15, 0.2) is 12.1 Å². The van der Waals surface area contributed by atoms with Gasteiger partial charge in [0.1, 0.15) is 5.60 Å². The Morgan fingerprint density at radius 2 is 2.14 bits per heavy atom. The summed E-state index contributed by atoms with van der Waals surface area (Å²) < 4.78 is 7.38. The van der Waals surface area contributed by atoms with Crippen LogP contribution in [0.1, 0.15) is 39.2 Å². The summed E-state index contributed by atoms with van der Waals surface area (Å²) in [6.07, 6.45) is 2.47. The van der Waals surface area contributed by atoms with E-state index in [0.29, 0.717) is 5.92 Å². The van der Waals surface area contributed by atoms with Crippen molar-refractivity contribution in [3.8, 4) is 11.8 Å². The summed E-state index contributed by atoms with van der Waals surface area (Å²) >= 11 is 0. The van der Waals surface area contributed by atoms with Crippen molar-refractivity contribution in [3.63, 3.8) is 0 Å². The number of imidazole rings is 1. The van der Waals surface area contributed by atoms with E-state index in [4.69, 9.17) is 9.72 Å². The molecule has 0 spiro atoms. The number of amides is 1. The summed E-state index contributed by atoms with van der Waals surface area (Å²) in [5.74, 6) is 6.77. The molecule has 1 saturated heterocycles. The van der Waals surface area contributed by atoms with E-state index in [2.05, 4.69) is 46.7 Å². The molecule has 0 unspecified atom stereocenters. The summed E-state index contributed by atoms with van der Waals surface area (Å²) in [6.45, 7) is 9.98. The number of nitrogens with one attached hydrogen (secondary N) is 1. The smallest absolute Gasteiger partial charge is 0.300 e. The van der Waals surface area contributed by atoms with Gasteiger partial charge >= 0.3 is 0 Å². The molecule has 6 heteroatoms. The van der Waals surface area contributed by atoms with Gasteiger partial charge in [0.25, 0.3) is 5.91 Å². The monoisotopic (exact) mass is 382 g/mol. The fourth-order valence-corrected chi connectivity index (χ4v) is 3.53. The number of hydrogen-bond donors (Lipinski definition) is 1. The van der Waals surface area contributed by atoms with Gasteiger partial charge in [-0.25, -0.2) is 4.98 Å². The lowest BCUT2D eigenvalue weighted by atomic mass is 10.0. The topological polar surface area (TPSA) is 59.4 Å². The van der Waals surface area contributed by atoms with Gasteiger partial charge in [-0.2, -0.15) is 0 Å². The Labute approximate surface area is 167 Å². The van der Waals surface area contributed by atoms with Crippen LogP contribution in [0.3, 0.4) is 0 Å². The zero-order chi connectivity index (χ0) is 20.5. The van der Waals surface area contributed by atoms with Crippen LogP contribution in [0.5, 0.6) is 0 Å². The summed E-state index contributed by atoms with van der Waals surface area (Å²) in [4.78, 5) is 19.5. The first-order valence-corrected chi connectivity index (χ1v) is 9.81. The number of hydrogen-bond acceptors (Lipinski definition) is 4. The Bertz CT molecular complexity index is 949. The third kappa shape index (κ3) is 4.31. The first-order chi connectivity index (χ1) is 13.2. The Morgan fingerprint density at radius 3 is 2.82 bits per heavy atom. The van der Waals surface area contributed by atoms with Crippen LogP contribution in [0.2, 0.25) is 0 Å². The number of carbonyl (C=O) groups is 1. The molecule has 0 saturated carbocycles. The molecule has 1 N–H and O–H groups in total. The number of benzene rings is 1. The third-order valence-electron chi connectivity index (χ3n) is 5.38. The molecule has 0 bridgehead atoms. The number of piperidine rings is 1. The molecule has 2 aromatic rings. The molecular formula is C22H30N4O2. The predicted molar refractivity (Wildman–Crippen MR) is 114 cm³/mol. The number of fused-ring (bicyclic) bond motifs is 1. The predicted octanol–water partition coefficient (Wildman–Crippen LogP) is 3.48. The maximum absolute atomic E-state index is 12.2. The molecule has 1 atom stereocenters. The Hall–Kier alpha value is -2.52. The van der Waals surface area contributed by atoms with Crippen LogP contribution in [0.4, 0.5) is 11.6 Å². The number of aromatic nitrogens is 2. The lowest BCUT2D eigenvalue weighted by Gasteiger charge is -2.31. The van der Waals surface area contributed by atoms with Crippen molar-refractivity contribution in [2.24, 2.45) is 13.0 Å². The largest absolute Gasteiger partial charge is 0.366 e. The highest BCUT2D eigenvalue weighted by Crippen LogP contribution is 2.29. The minimum atomic E-state index is -0.655. The zero-order valence-electron chi connectivity index (χ0n) is 17.7.